The molecule has 0 aliphatic carbocycles. The highest BCUT2D eigenvalue weighted by atomic mass is 79.9. The zero-order valence-corrected chi connectivity index (χ0v) is 12.2. The molecule has 0 spiro atoms. The van der Waals surface area contributed by atoms with Crippen molar-refractivity contribution in [2.75, 3.05) is 0 Å². The third-order valence-electron chi connectivity index (χ3n) is 2.90. The summed E-state index contributed by atoms with van der Waals surface area (Å²) in [5, 5.41) is 0.547. The molecule has 0 fully saturated rings. The lowest BCUT2D eigenvalue weighted by atomic mass is 9.60. The van der Waals surface area contributed by atoms with Crippen molar-refractivity contribution in [3.05, 3.63) is 27.7 Å². The standard InChI is InChI=1S/C12H3B5BrCl/c13-8-7(5-3-4(19)1-2-6(5)18)9(14)11(16)12(17)10(8)15/h1-3H. The average Bonchev–Trinajstić information content (AvgIpc) is 2.38. The minimum Gasteiger partial charge on any atom is -0.112 e. The molecule has 0 saturated heterocycles. The Bertz CT molecular complexity index is 643. The van der Waals surface area contributed by atoms with Crippen LogP contribution in [0.4, 0.5) is 0 Å². The van der Waals surface area contributed by atoms with Gasteiger partial charge in [0.25, 0.3) is 0 Å². The Kier molecular flexibility index (Phi) is 4.32. The van der Waals surface area contributed by atoms with Crippen molar-refractivity contribution in [3.8, 4) is 11.1 Å². The summed E-state index contributed by atoms with van der Waals surface area (Å²) in [5.41, 5.74) is 2.43. The molecule has 2 aromatic rings. The van der Waals surface area contributed by atoms with Gasteiger partial charge in [0, 0.05) is 9.50 Å². The molecule has 0 bridgehead atoms. The van der Waals surface area contributed by atoms with Crippen molar-refractivity contribution in [3.63, 3.8) is 0 Å². The lowest BCUT2D eigenvalue weighted by Crippen LogP contribution is -2.55. The summed E-state index contributed by atoms with van der Waals surface area (Å²) in [6, 6.07) is 5.26. The van der Waals surface area contributed by atoms with Gasteiger partial charge in [0.05, 0.1) is 0 Å². The molecule has 2 aromatic carbocycles. The van der Waals surface area contributed by atoms with E-state index in [-0.39, 0.29) is 27.3 Å². The van der Waals surface area contributed by atoms with Gasteiger partial charge in [0.1, 0.15) is 39.2 Å². The molecule has 0 N–H and O–H groups in total. The third kappa shape index (κ3) is 2.58. The van der Waals surface area contributed by atoms with Crippen LogP contribution in [0.3, 0.4) is 0 Å². The highest BCUT2D eigenvalue weighted by Gasteiger charge is 2.14. The fourth-order valence-corrected chi connectivity index (χ4v) is 2.45. The number of benzene rings is 2. The van der Waals surface area contributed by atoms with E-state index in [0.29, 0.717) is 16.1 Å². The van der Waals surface area contributed by atoms with Gasteiger partial charge in [-0.25, -0.2) is 0 Å². The van der Waals surface area contributed by atoms with E-state index in [2.05, 4.69) is 15.9 Å². The minimum absolute atomic E-state index is 0.192. The van der Waals surface area contributed by atoms with E-state index in [0.717, 1.165) is 4.47 Å². The molecule has 0 aliphatic rings. The molecule has 19 heavy (non-hydrogen) atoms. The van der Waals surface area contributed by atoms with Crippen molar-refractivity contribution in [2.24, 2.45) is 0 Å². The van der Waals surface area contributed by atoms with Crippen LogP contribution < -0.4 is 27.3 Å². The van der Waals surface area contributed by atoms with E-state index in [1.165, 1.54) is 0 Å². The maximum absolute atomic E-state index is 6.00. The van der Waals surface area contributed by atoms with E-state index < -0.39 is 0 Å². The summed E-state index contributed by atoms with van der Waals surface area (Å²) < 4.78 is 0.777. The van der Waals surface area contributed by atoms with Crippen LogP contribution in [0.15, 0.2) is 22.7 Å². The second-order valence-corrected chi connectivity index (χ2v) is 5.36. The molecule has 0 aromatic heterocycles. The summed E-state index contributed by atoms with van der Waals surface area (Å²) in [4.78, 5) is 0. The topological polar surface area (TPSA) is 0 Å². The molecule has 10 radical (unpaired) electrons. The van der Waals surface area contributed by atoms with Crippen LogP contribution in [0.5, 0.6) is 0 Å². The number of hydrogen-bond donors (Lipinski definition) is 0. The van der Waals surface area contributed by atoms with Gasteiger partial charge in [-0.15, -0.1) is 16.4 Å². The zero-order valence-electron chi connectivity index (χ0n) is 9.87. The van der Waals surface area contributed by atoms with Crippen molar-refractivity contribution < 1.29 is 0 Å². The van der Waals surface area contributed by atoms with Crippen molar-refractivity contribution in [1.82, 2.24) is 0 Å². The first-order valence-corrected chi connectivity index (χ1v) is 6.48. The molecule has 0 amide bonds. The second kappa shape index (κ2) is 5.50. The molecule has 0 heterocycles. The Morgan fingerprint density at radius 1 is 0.789 bits per heavy atom. The highest BCUT2D eigenvalue weighted by molar-refractivity contribution is 9.10. The number of hydrogen-bond acceptors (Lipinski definition) is 0. The smallest absolute Gasteiger partial charge is 0.112 e. The lowest BCUT2D eigenvalue weighted by molar-refractivity contribution is 1.63. The van der Waals surface area contributed by atoms with Crippen molar-refractivity contribution in [2.45, 2.75) is 0 Å². The summed E-state index contributed by atoms with van der Waals surface area (Å²) in [6.07, 6.45) is 0. The largest absolute Gasteiger partial charge is 0.113 e. The first-order valence-electron chi connectivity index (χ1n) is 5.31. The van der Waals surface area contributed by atoms with E-state index in [1.54, 1.807) is 18.2 Å². The van der Waals surface area contributed by atoms with Crippen molar-refractivity contribution in [1.29, 1.82) is 0 Å². The van der Waals surface area contributed by atoms with Gasteiger partial charge in [-0.05, 0) is 29.3 Å². The molecule has 0 unspecified atom stereocenters. The normalized spacial score (nSPS) is 10.6. The predicted molar refractivity (Wildman–Crippen MR) is 91.5 cm³/mol. The average molecular weight is 317 g/mol. The van der Waals surface area contributed by atoms with Crippen LogP contribution in [0.2, 0.25) is 5.02 Å². The van der Waals surface area contributed by atoms with Crippen LogP contribution in [-0.4, -0.2) is 39.2 Å². The molecule has 0 aliphatic heterocycles. The molecule has 7 heteroatoms. The molecule has 2 rings (SSSR count). The monoisotopic (exact) mass is 316 g/mol. The summed E-state index contributed by atoms with van der Waals surface area (Å²) in [5.74, 6) is 0. The SMILES string of the molecule is [B]c1c([B])c([B])c(-c2cc(Cl)ccc2Br)c([B])c1[B]. The Morgan fingerprint density at radius 3 is 1.79 bits per heavy atom. The van der Waals surface area contributed by atoms with E-state index >= 15 is 0 Å². The number of halogens is 2. The van der Waals surface area contributed by atoms with Crippen LogP contribution in [0, 0.1) is 0 Å². The van der Waals surface area contributed by atoms with Crippen molar-refractivity contribution >= 4 is 94.1 Å². The predicted octanol–water partition coefficient (Wildman–Crippen LogP) is -1.26. The molecule has 0 atom stereocenters. The Morgan fingerprint density at radius 2 is 1.26 bits per heavy atom. The van der Waals surface area contributed by atoms with E-state index in [4.69, 9.17) is 50.8 Å². The van der Waals surface area contributed by atoms with Gasteiger partial charge >= 0.3 is 0 Å². The van der Waals surface area contributed by atoms with Crippen LogP contribution in [0.1, 0.15) is 0 Å². The zero-order chi connectivity index (χ0) is 14.3. The molecular weight excluding hydrogens is 314 g/mol. The van der Waals surface area contributed by atoms with Gasteiger partial charge < -0.3 is 0 Å². The minimum atomic E-state index is 0.192. The highest BCUT2D eigenvalue weighted by Crippen LogP contribution is 2.28. The van der Waals surface area contributed by atoms with E-state index in [1.807, 2.05) is 0 Å². The van der Waals surface area contributed by atoms with Gasteiger partial charge in [0.15, 0.2) is 0 Å². The summed E-state index contributed by atoms with van der Waals surface area (Å²) >= 11 is 9.41. The first-order chi connectivity index (χ1) is 8.84. The van der Waals surface area contributed by atoms with Crippen LogP contribution in [-0.2, 0) is 0 Å². The molecule has 80 valence electrons. The van der Waals surface area contributed by atoms with Crippen LogP contribution >= 0.6 is 27.5 Å². The van der Waals surface area contributed by atoms with Gasteiger partial charge in [-0.1, -0.05) is 38.5 Å². The third-order valence-corrected chi connectivity index (χ3v) is 3.82. The van der Waals surface area contributed by atoms with E-state index in [9.17, 15) is 0 Å². The summed E-state index contributed by atoms with van der Waals surface area (Å²) in [6.45, 7) is 0. The quantitative estimate of drug-likeness (QED) is 0.576. The van der Waals surface area contributed by atoms with Gasteiger partial charge in [-0.3, -0.25) is 0 Å². The number of rotatable bonds is 1. The Labute approximate surface area is 132 Å². The second-order valence-electron chi connectivity index (χ2n) is 4.07. The maximum Gasteiger partial charge on any atom is 0.113 e. The fraction of sp³-hybridized carbons (Fsp3) is 0. The lowest BCUT2D eigenvalue weighted by Gasteiger charge is -2.22. The molecule has 0 saturated carbocycles. The molecular formula is C12H3B5BrCl. The maximum atomic E-state index is 6.00. The first kappa shape index (κ1) is 14.9. The Hall–Kier alpha value is -0.465. The summed E-state index contributed by atoms with van der Waals surface area (Å²) in [7, 11) is 29.4. The van der Waals surface area contributed by atoms with Gasteiger partial charge in [0.2, 0.25) is 0 Å². The molecule has 0 nitrogen and oxygen atoms in total. The van der Waals surface area contributed by atoms with Gasteiger partial charge in [-0.2, -0.15) is 0 Å². The Balaban J connectivity index is 2.87. The van der Waals surface area contributed by atoms with Crippen LogP contribution in [0.25, 0.3) is 11.1 Å². The fourth-order valence-electron chi connectivity index (χ4n) is 1.83.